The fraction of sp³-hybridized carbons (Fsp3) is 0.250. The van der Waals surface area contributed by atoms with Crippen LogP contribution in [0, 0.1) is 5.92 Å². The van der Waals surface area contributed by atoms with E-state index in [2.05, 4.69) is 0 Å². The van der Waals surface area contributed by atoms with Gasteiger partial charge in [0.05, 0.1) is 10.9 Å². The highest BCUT2D eigenvalue weighted by Gasteiger charge is 2.57. The minimum Gasteiger partial charge on any atom is -0.508 e. The lowest BCUT2D eigenvalue weighted by molar-refractivity contribution is -0.125. The molecule has 2 aliphatic carbocycles. The molecule has 0 aromatic heterocycles. The van der Waals surface area contributed by atoms with Crippen molar-refractivity contribution < 1.29 is 34.8 Å². The van der Waals surface area contributed by atoms with Crippen molar-refractivity contribution >= 4 is 28.1 Å². The van der Waals surface area contributed by atoms with Gasteiger partial charge in [0.1, 0.15) is 22.8 Å². The Morgan fingerprint density at radius 3 is 2.52 bits per heavy atom. The van der Waals surface area contributed by atoms with Gasteiger partial charge in [0, 0.05) is 12.3 Å². The molecule has 0 aliphatic heterocycles. The number of phenolic OH excluding ortho intramolecular Hbond substituents is 2. The number of carbonyl (C=O) groups excluding carboxylic acids is 3. The molecule has 27 heavy (non-hydrogen) atoms. The summed E-state index contributed by atoms with van der Waals surface area (Å²) in [6.45, 7) is 1.07. The fourth-order valence-corrected chi connectivity index (χ4v) is 4.21. The Balaban J connectivity index is 2.02. The SMILES string of the molecule is CC(=O)C1=C(O)[C@@]2(O)C(=O)c3c(cc4cccc(O)c4c3O)CC2CC1=O. The molecule has 1 unspecified atom stereocenters. The summed E-state index contributed by atoms with van der Waals surface area (Å²) >= 11 is 0. The number of ketones is 3. The zero-order valence-electron chi connectivity index (χ0n) is 14.3. The number of aromatic hydroxyl groups is 2. The number of Topliss-reactive ketones (excluding diaryl/α,β-unsaturated/α-hetero) is 3. The van der Waals surface area contributed by atoms with E-state index in [1.807, 2.05) is 0 Å². The predicted molar refractivity (Wildman–Crippen MR) is 93.7 cm³/mol. The molecule has 7 heteroatoms. The maximum Gasteiger partial charge on any atom is 0.206 e. The number of rotatable bonds is 1. The number of hydrogen-bond donors (Lipinski definition) is 4. The number of fused-ring (bicyclic) bond motifs is 3. The van der Waals surface area contributed by atoms with Gasteiger partial charge in [0.15, 0.2) is 17.2 Å². The van der Waals surface area contributed by atoms with E-state index in [0.717, 1.165) is 6.92 Å². The molecule has 7 nitrogen and oxygen atoms in total. The van der Waals surface area contributed by atoms with E-state index in [1.54, 1.807) is 18.2 Å². The molecule has 0 saturated heterocycles. The lowest BCUT2D eigenvalue weighted by Crippen LogP contribution is -2.55. The van der Waals surface area contributed by atoms with Gasteiger partial charge in [-0.25, -0.2) is 0 Å². The van der Waals surface area contributed by atoms with E-state index in [9.17, 15) is 34.8 Å². The minimum atomic E-state index is -2.47. The van der Waals surface area contributed by atoms with Crippen molar-refractivity contribution in [3.63, 3.8) is 0 Å². The molecule has 0 amide bonds. The summed E-state index contributed by atoms with van der Waals surface area (Å²) in [5.41, 5.74) is -2.89. The molecular weight excluding hydrogens is 352 g/mol. The molecule has 0 heterocycles. The molecule has 0 bridgehead atoms. The van der Waals surface area contributed by atoms with Gasteiger partial charge in [-0.2, -0.15) is 0 Å². The molecule has 2 atom stereocenters. The van der Waals surface area contributed by atoms with Crippen LogP contribution >= 0.6 is 0 Å². The second kappa shape index (κ2) is 5.40. The number of aliphatic hydroxyl groups is 2. The van der Waals surface area contributed by atoms with Crippen LogP contribution in [0.5, 0.6) is 11.5 Å². The lowest BCUT2D eigenvalue weighted by Gasteiger charge is -2.41. The van der Waals surface area contributed by atoms with Crippen LogP contribution in [-0.2, 0) is 16.0 Å². The summed E-state index contributed by atoms with van der Waals surface area (Å²) in [6, 6.07) is 6.19. The number of hydrogen-bond acceptors (Lipinski definition) is 7. The van der Waals surface area contributed by atoms with Gasteiger partial charge in [0.25, 0.3) is 0 Å². The van der Waals surface area contributed by atoms with Crippen molar-refractivity contribution in [2.75, 3.05) is 0 Å². The van der Waals surface area contributed by atoms with Crippen LogP contribution in [0.3, 0.4) is 0 Å². The molecule has 0 radical (unpaired) electrons. The fourth-order valence-electron chi connectivity index (χ4n) is 4.21. The molecule has 2 aromatic carbocycles. The highest BCUT2D eigenvalue weighted by Crippen LogP contribution is 2.48. The van der Waals surface area contributed by atoms with E-state index in [4.69, 9.17) is 0 Å². The van der Waals surface area contributed by atoms with Gasteiger partial charge in [-0.1, -0.05) is 18.2 Å². The van der Waals surface area contributed by atoms with Crippen LogP contribution in [0.2, 0.25) is 0 Å². The Morgan fingerprint density at radius 1 is 1.15 bits per heavy atom. The van der Waals surface area contributed by atoms with E-state index in [0.29, 0.717) is 10.9 Å². The van der Waals surface area contributed by atoms with Crippen molar-refractivity contribution in [1.82, 2.24) is 0 Å². The number of benzene rings is 2. The molecule has 4 N–H and O–H groups in total. The van der Waals surface area contributed by atoms with Gasteiger partial charge < -0.3 is 20.4 Å². The van der Waals surface area contributed by atoms with Gasteiger partial charge in [0.2, 0.25) is 5.78 Å². The third-order valence-electron chi connectivity index (χ3n) is 5.49. The number of aliphatic hydroxyl groups excluding tert-OH is 1. The summed E-state index contributed by atoms with van der Waals surface area (Å²) in [5.74, 6) is -5.05. The third kappa shape index (κ3) is 2.09. The van der Waals surface area contributed by atoms with Crippen LogP contribution in [-0.4, -0.2) is 43.4 Å². The minimum absolute atomic E-state index is 0.0394. The van der Waals surface area contributed by atoms with E-state index >= 15 is 0 Å². The van der Waals surface area contributed by atoms with Crippen LogP contribution in [0.1, 0.15) is 29.3 Å². The van der Waals surface area contributed by atoms with Crippen molar-refractivity contribution in [1.29, 1.82) is 0 Å². The Labute approximate surface area is 153 Å². The number of carbonyl (C=O) groups is 3. The zero-order chi connectivity index (χ0) is 19.7. The average Bonchev–Trinajstić information content (AvgIpc) is 2.57. The highest BCUT2D eigenvalue weighted by atomic mass is 16.3. The van der Waals surface area contributed by atoms with Gasteiger partial charge >= 0.3 is 0 Å². The Hall–Kier alpha value is -3.19. The molecular formula is C20H16O7. The Kier molecular flexibility index (Phi) is 3.45. The first-order chi connectivity index (χ1) is 12.7. The molecule has 0 spiro atoms. The van der Waals surface area contributed by atoms with E-state index in [1.165, 1.54) is 6.07 Å². The first kappa shape index (κ1) is 17.2. The number of allylic oxidation sites excluding steroid dienone is 1. The quantitative estimate of drug-likeness (QED) is 0.563. The van der Waals surface area contributed by atoms with E-state index in [-0.39, 0.29) is 29.5 Å². The predicted octanol–water partition coefficient (Wildman–Crippen LogP) is 1.71. The second-order valence-electron chi connectivity index (χ2n) is 7.04. The van der Waals surface area contributed by atoms with Gasteiger partial charge in [-0.15, -0.1) is 0 Å². The highest BCUT2D eigenvalue weighted by molar-refractivity contribution is 6.23. The van der Waals surface area contributed by atoms with Crippen molar-refractivity contribution in [2.45, 2.75) is 25.4 Å². The summed E-state index contributed by atoms with van der Waals surface area (Å²) in [6.07, 6.45) is -0.239. The monoisotopic (exact) mass is 368 g/mol. The molecule has 2 aliphatic rings. The van der Waals surface area contributed by atoms with Gasteiger partial charge in [-0.3, -0.25) is 14.4 Å². The zero-order valence-corrected chi connectivity index (χ0v) is 14.3. The van der Waals surface area contributed by atoms with Crippen molar-refractivity contribution in [2.24, 2.45) is 5.92 Å². The van der Waals surface area contributed by atoms with Crippen LogP contribution in [0.15, 0.2) is 35.6 Å². The normalized spacial score (nSPS) is 24.7. The van der Waals surface area contributed by atoms with Crippen LogP contribution in [0.25, 0.3) is 10.8 Å². The molecule has 0 saturated carbocycles. The molecule has 0 fully saturated rings. The lowest BCUT2D eigenvalue weighted by atomic mass is 9.64. The first-order valence-electron chi connectivity index (χ1n) is 8.39. The Morgan fingerprint density at radius 2 is 1.85 bits per heavy atom. The van der Waals surface area contributed by atoms with Gasteiger partial charge in [-0.05, 0) is 30.4 Å². The van der Waals surface area contributed by atoms with Crippen molar-refractivity contribution in [3.8, 4) is 11.5 Å². The van der Waals surface area contributed by atoms with Crippen LogP contribution in [0.4, 0.5) is 0 Å². The maximum atomic E-state index is 13.1. The standard InChI is InChI=1S/C20H16O7/c1-8(21)14-13(23)7-11-6-10-5-9-3-2-4-12(22)15(9)17(24)16(10)19(26)20(11,27)18(14)25/h2-5,11,22,24-25,27H,6-7H2,1H3/t11?,20-/m1/s1. The molecule has 4 rings (SSSR count). The first-order valence-corrected chi connectivity index (χ1v) is 8.39. The van der Waals surface area contributed by atoms with E-state index < -0.39 is 46.0 Å². The summed E-state index contributed by atoms with van der Waals surface area (Å²) in [5, 5.41) is 42.7. The third-order valence-corrected chi connectivity index (χ3v) is 5.49. The van der Waals surface area contributed by atoms with Crippen LogP contribution < -0.4 is 0 Å². The maximum absolute atomic E-state index is 13.1. The Bertz CT molecular complexity index is 1100. The second-order valence-corrected chi connectivity index (χ2v) is 7.04. The topological polar surface area (TPSA) is 132 Å². The van der Waals surface area contributed by atoms with Crippen molar-refractivity contribution in [3.05, 3.63) is 46.7 Å². The molecule has 138 valence electrons. The summed E-state index contributed by atoms with van der Waals surface area (Å²) in [4.78, 5) is 37.1. The smallest absolute Gasteiger partial charge is 0.206 e. The summed E-state index contributed by atoms with van der Waals surface area (Å²) in [7, 11) is 0. The number of phenols is 2. The molecule has 2 aromatic rings. The average molecular weight is 368 g/mol. The largest absolute Gasteiger partial charge is 0.508 e. The summed E-state index contributed by atoms with van der Waals surface area (Å²) < 4.78 is 0.